The summed E-state index contributed by atoms with van der Waals surface area (Å²) in [7, 11) is 2.07. The Labute approximate surface area is 182 Å². The molecule has 0 radical (unpaired) electrons. The molecule has 1 amide bonds. The Hall–Kier alpha value is -3.92. The highest BCUT2D eigenvalue weighted by molar-refractivity contribution is 6.01. The van der Waals surface area contributed by atoms with Crippen LogP contribution in [0.5, 0.6) is 0 Å². The summed E-state index contributed by atoms with van der Waals surface area (Å²) in [4.78, 5) is 19.8. The van der Waals surface area contributed by atoms with Crippen LogP contribution in [-0.4, -0.2) is 29.7 Å². The maximum atomic E-state index is 12.8. The Bertz CT molecular complexity index is 1190. The number of hydrogen-bond acceptors (Lipinski definition) is 3. The van der Waals surface area contributed by atoms with Crippen molar-refractivity contribution in [2.75, 3.05) is 7.05 Å². The number of hydrogen-bond donors (Lipinski definition) is 1. The van der Waals surface area contributed by atoms with Crippen LogP contribution in [0.1, 0.15) is 22.3 Å². The zero-order valence-corrected chi connectivity index (χ0v) is 17.3. The lowest BCUT2D eigenvalue weighted by Crippen LogP contribution is -2.34. The first-order valence-corrected chi connectivity index (χ1v) is 10.4. The quantitative estimate of drug-likeness (QED) is 0.663. The number of likely N-dealkylation sites (N-methyl/N-ethyl adjacent to an activating group) is 1. The van der Waals surface area contributed by atoms with Crippen LogP contribution in [0.15, 0.2) is 113 Å². The molecule has 1 heterocycles. The van der Waals surface area contributed by atoms with Gasteiger partial charge in [-0.05, 0) is 35.8 Å². The van der Waals surface area contributed by atoms with E-state index in [1.807, 2.05) is 66.7 Å². The van der Waals surface area contributed by atoms with Crippen molar-refractivity contribution < 1.29 is 4.79 Å². The van der Waals surface area contributed by atoms with Gasteiger partial charge >= 0.3 is 0 Å². The summed E-state index contributed by atoms with van der Waals surface area (Å²) < 4.78 is 0. The Morgan fingerprint density at radius 1 is 0.871 bits per heavy atom. The van der Waals surface area contributed by atoms with E-state index in [1.54, 1.807) is 0 Å². The van der Waals surface area contributed by atoms with Crippen molar-refractivity contribution in [2.45, 2.75) is 12.5 Å². The normalized spacial score (nSPS) is 17.4. The van der Waals surface area contributed by atoms with Crippen molar-refractivity contribution in [3.63, 3.8) is 0 Å². The number of aliphatic imine (C=N–C) groups is 1. The van der Waals surface area contributed by atoms with E-state index in [4.69, 9.17) is 4.99 Å². The zero-order chi connectivity index (χ0) is 21.2. The highest BCUT2D eigenvalue weighted by Gasteiger charge is 2.31. The molecule has 3 aromatic carbocycles. The Morgan fingerprint density at radius 3 is 2.16 bits per heavy atom. The predicted molar refractivity (Wildman–Crippen MR) is 125 cm³/mol. The second-order valence-corrected chi connectivity index (χ2v) is 7.79. The summed E-state index contributed by atoms with van der Waals surface area (Å²) in [6.07, 6.45) is 4.87. The minimum Gasteiger partial charge on any atom is -0.350 e. The molecule has 4 heteroatoms. The highest BCUT2D eigenvalue weighted by atomic mass is 16.1. The smallest absolute Gasteiger partial charge is 0.255 e. The topological polar surface area (TPSA) is 44.7 Å². The van der Waals surface area contributed by atoms with Crippen molar-refractivity contribution in [1.82, 2.24) is 10.2 Å². The fourth-order valence-corrected chi connectivity index (χ4v) is 4.08. The third-order valence-electron chi connectivity index (χ3n) is 5.79. The average molecular weight is 406 g/mol. The van der Waals surface area contributed by atoms with Crippen molar-refractivity contribution in [2.24, 2.45) is 4.99 Å². The van der Waals surface area contributed by atoms with Gasteiger partial charge in [-0.1, -0.05) is 78.9 Å². The van der Waals surface area contributed by atoms with E-state index in [0.29, 0.717) is 5.56 Å². The van der Waals surface area contributed by atoms with Crippen molar-refractivity contribution in [3.8, 4) is 11.1 Å². The number of fused-ring (bicyclic) bond motifs is 1. The minimum absolute atomic E-state index is 0.111. The second kappa shape index (κ2) is 8.07. The van der Waals surface area contributed by atoms with Crippen LogP contribution in [0, 0.1) is 0 Å². The molecule has 0 bridgehead atoms. The molecule has 0 saturated carbocycles. The molecule has 1 aliphatic heterocycles. The van der Waals surface area contributed by atoms with E-state index < -0.39 is 0 Å². The average Bonchev–Trinajstić information content (AvgIpc) is 3.16. The molecule has 1 aliphatic carbocycles. The van der Waals surface area contributed by atoms with Gasteiger partial charge in [0.1, 0.15) is 5.84 Å². The van der Waals surface area contributed by atoms with Gasteiger partial charge in [-0.2, -0.15) is 0 Å². The SMILES string of the molecule is CN1C(c2ccccc2)=NC2=CC(NC(=O)c3ccc(-c4ccccc4)cc3)=CCC21. The first kappa shape index (κ1) is 19.1. The number of amidine groups is 1. The minimum atomic E-state index is -0.111. The Kier molecular flexibility index (Phi) is 4.97. The van der Waals surface area contributed by atoms with E-state index in [0.717, 1.165) is 40.3 Å². The fourth-order valence-electron chi connectivity index (χ4n) is 4.08. The van der Waals surface area contributed by atoms with Gasteiger partial charge in [0.15, 0.2) is 0 Å². The number of allylic oxidation sites excluding steroid dienone is 1. The first-order chi connectivity index (χ1) is 15.2. The van der Waals surface area contributed by atoms with Crippen molar-refractivity contribution in [3.05, 3.63) is 120 Å². The van der Waals surface area contributed by atoms with E-state index >= 15 is 0 Å². The van der Waals surface area contributed by atoms with Crippen LogP contribution < -0.4 is 5.32 Å². The van der Waals surface area contributed by atoms with Gasteiger partial charge < -0.3 is 10.2 Å². The summed E-state index contributed by atoms with van der Waals surface area (Å²) in [5.74, 6) is 0.856. The number of benzene rings is 3. The summed E-state index contributed by atoms with van der Waals surface area (Å²) >= 11 is 0. The maximum absolute atomic E-state index is 12.8. The number of nitrogens with zero attached hydrogens (tertiary/aromatic N) is 2. The lowest BCUT2D eigenvalue weighted by molar-refractivity contribution is 0.0967. The zero-order valence-electron chi connectivity index (χ0n) is 17.3. The monoisotopic (exact) mass is 405 g/mol. The van der Waals surface area contributed by atoms with Crippen LogP contribution in [0.4, 0.5) is 0 Å². The molecule has 1 N–H and O–H groups in total. The van der Waals surface area contributed by atoms with Gasteiger partial charge in [0.05, 0.1) is 11.7 Å². The molecule has 0 saturated heterocycles. The summed E-state index contributed by atoms with van der Waals surface area (Å²) in [6.45, 7) is 0. The molecular weight excluding hydrogens is 382 g/mol. The molecule has 5 rings (SSSR count). The molecule has 31 heavy (non-hydrogen) atoms. The number of rotatable bonds is 4. The molecule has 0 spiro atoms. The molecule has 1 unspecified atom stereocenters. The van der Waals surface area contributed by atoms with Gasteiger partial charge in [-0.25, -0.2) is 4.99 Å². The standard InChI is InChI=1S/C27H23N3O/c1-30-25-17-16-23(18-24(25)29-26(30)21-10-6-3-7-11-21)28-27(31)22-14-12-20(13-15-22)19-8-4-2-5-9-19/h2-16,18,25H,17H2,1H3,(H,28,31). The van der Waals surface area contributed by atoms with E-state index in [9.17, 15) is 4.79 Å². The van der Waals surface area contributed by atoms with Crippen LogP contribution in [0.2, 0.25) is 0 Å². The number of nitrogens with one attached hydrogen (secondary N) is 1. The summed E-state index contributed by atoms with van der Waals surface area (Å²) in [6, 6.07) is 28.3. The third-order valence-corrected chi connectivity index (χ3v) is 5.79. The van der Waals surface area contributed by atoms with Crippen molar-refractivity contribution >= 4 is 11.7 Å². The summed E-state index contributed by atoms with van der Waals surface area (Å²) in [5.41, 5.74) is 5.75. The van der Waals surface area contributed by atoms with Gasteiger partial charge in [-0.15, -0.1) is 0 Å². The summed E-state index contributed by atoms with van der Waals surface area (Å²) in [5, 5.41) is 3.03. The fraction of sp³-hybridized carbons (Fsp3) is 0.111. The van der Waals surface area contributed by atoms with E-state index in [-0.39, 0.29) is 11.9 Å². The number of amides is 1. The van der Waals surface area contributed by atoms with Gasteiger partial charge in [0.25, 0.3) is 5.91 Å². The van der Waals surface area contributed by atoms with Gasteiger partial charge in [0, 0.05) is 23.9 Å². The largest absolute Gasteiger partial charge is 0.350 e. The second-order valence-electron chi connectivity index (χ2n) is 7.79. The molecule has 2 aliphatic rings. The number of carbonyl (C=O) groups excluding carboxylic acids is 1. The molecule has 0 aromatic heterocycles. The molecule has 3 aromatic rings. The van der Waals surface area contributed by atoms with Crippen LogP contribution in [0.3, 0.4) is 0 Å². The highest BCUT2D eigenvalue weighted by Crippen LogP contribution is 2.30. The van der Waals surface area contributed by atoms with Gasteiger partial charge in [0.2, 0.25) is 0 Å². The Balaban J connectivity index is 1.31. The van der Waals surface area contributed by atoms with Crippen LogP contribution >= 0.6 is 0 Å². The maximum Gasteiger partial charge on any atom is 0.255 e. The van der Waals surface area contributed by atoms with Crippen molar-refractivity contribution in [1.29, 1.82) is 0 Å². The number of carbonyl (C=O) groups is 1. The first-order valence-electron chi connectivity index (χ1n) is 10.4. The third kappa shape index (κ3) is 3.80. The Morgan fingerprint density at radius 2 is 1.48 bits per heavy atom. The molecule has 4 nitrogen and oxygen atoms in total. The molecule has 152 valence electrons. The van der Waals surface area contributed by atoms with E-state index in [1.165, 1.54) is 0 Å². The van der Waals surface area contributed by atoms with Gasteiger partial charge in [-0.3, -0.25) is 4.79 Å². The van der Waals surface area contributed by atoms with E-state index in [2.05, 4.69) is 47.6 Å². The van der Waals surface area contributed by atoms with Crippen LogP contribution in [-0.2, 0) is 0 Å². The molecule has 1 atom stereocenters. The molecule has 0 fully saturated rings. The molecular formula is C27H23N3O. The predicted octanol–water partition coefficient (Wildman–Crippen LogP) is 5.02. The lowest BCUT2D eigenvalue weighted by atomic mass is 10.0. The lowest BCUT2D eigenvalue weighted by Gasteiger charge is -2.25. The van der Waals surface area contributed by atoms with Crippen LogP contribution in [0.25, 0.3) is 11.1 Å².